The molecule has 0 saturated carbocycles. The van der Waals surface area contributed by atoms with Gasteiger partial charge in [-0.1, -0.05) is 35.9 Å². The molecule has 0 aliphatic heterocycles. The number of carbonyl (C=O) groups is 2. The van der Waals surface area contributed by atoms with Gasteiger partial charge in [0.1, 0.15) is 12.4 Å². The molecule has 0 aliphatic carbocycles. The molecule has 2 aromatic carbocycles. The summed E-state index contributed by atoms with van der Waals surface area (Å²) in [6, 6.07) is 17.4. The average Bonchev–Trinajstić information content (AvgIpc) is 2.71. The lowest BCUT2D eigenvalue weighted by Crippen LogP contribution is -2.19. The van der Waals surface area contributed by atoms with Crippen molar-refractivity contribution < 1.29 is 14.3 Å². The SMILES string of the molecule is O=C(COCc1ccccc1Cl)Nc1cccc(C(=O)Nc2ccc(Br)cn2)c1. The standard InChI is InChI=1S/C21H17BrClN3O3/c22-16-8-9-19(24-11-16)26-21(28)14-5-3-6-17(10-14)25-20(27)13-29-12-15-4-1-2-7-18(15)23/h1-11H,12-13H2,(H,25,27)(H,24,26,28). The predicted octanol–water partition coefficient (Wildman–Crippen LogP) is 4.91. The van der Waals surface area contributed by atoms with Crippen LogP contribution in [-0.4, -0.2) is 23.4 Å². The van der Waals surface area contributed by atoms with Crippen LogP contribution in [0.3, 0.4) is 0 Å². The third-order valence-electron chi connectivity index (χ3n) is 3.83. The fourth-order valence-corrected chi connectivity index (χ4v) is 2.87. The van der Waals surface area contributed by atoms with Crippen LogP contribution >= 0.6 is 27.5 Å². The Balaban J connectivity index is 1.53. The van der Waals surface area contributed by atoms with Crippen LogP contribution in [0.25, 0.3) is 0 Å². The number of halogens is 2. The van der Waals surface area contributed by atoms with Gasteiger partial charge in [0.15, 0.2) is 0 Å². The second kappa shape index (κ2) is 10.2. The predicted molar refractivity (Wildman–Crippen MR) is 116 cm³/mol. The zero-order chi connectivity index (χ0) is 20.6. The average molecular weight is 475 g/mol. The molecule has 0 unspecified atom stereocenters. The summed E-state index contributed by atoms with van der Waals surface area (Å²) in [5.41, 5.74) is 1.69. The zero-order valence-electron chi connectivity index (χ0n) is 15.2. The molecule has 29 heavy (non-hydrogen) atoms. The smallest absolute Gasteiger partial charge is 0.256 e. The van der Waals surface area contributed by atoms with Crippen LogP contribution in [0.1, 0.15) is 15.9 Å². The van der Waals surface area contributed by atoms with E-state index in [9.17, 15) is 9.59 Å². The van der Waals surface area contributed by atoms with Gasteiger partial charge in [-0.25, -0.2) is 4.98 Å². The van der Waals surface area contributed by atoms with E-state index < -0.39 is 0 Å². The molecular weight excluding hydrogens is 458 g/mol. The fourth-order valence-electron chi connectivity index (χ4n) is 2.44. The van der Waals surface area contributed by atoms with Crippen molar-refractivity contribution in [2.45, 2.75) is 6.61 Å². The van der Waals surface area contributed by atoms with Crippen molar-refractivity contribution in [2.75, 3.05) is 17.2 Å². The number of ether oxygens (including phenoxy) is 1. The Morgan fingerprint density at radius 1 is 1.03 bits per heavy atom. The van der Waals surface area contributed by atoms with Gasteiger partial charge in [0.25, 0.3) is 5.91 Å². The number of pyridine rings is 1. The Morgan fingerprint density at radius 3 is 2.62 bits per heavy atom. The van der Waals surface area contributed by atoms with Crippen molar-refractivity contribution in [2.24, 2.45) is 0 Å². The minimum Gasteiger partial charge on any atom is -0.367 e. The Kier molecular flexibility index (Phi) is 7.35. The molecule has 0 aliphatic rings. The van der Waals surface area contributed by atoms with Gasteiger partial charge in [0, 0.05) is 26.9 Å². The van der Waals surface area contributed by atoms with Crippen LogP contribution in [-0.2, 0) is 16.1 Å². The lowest BCUT2D eigenvalue weighted by molar-refractivity contribution is -0.121. The number of carbonyl (C=O) groups excluding carboxylic acids is 2. The van der Waals surface area contributed by atoms with E-state index in [0.717, 1.165) is 10.0 Å². The van der Waals surface area contributed by atoms with Crippen molar-refractivity contribution in [1.82, 2.24) is 4.98 Å². The van der Waals surface area contributed by atoms with Crippen molar-refractivity contribution in [1.29, 1.82) is 0 Å². The summed E-state index contributed by atoms with van der Waals surface area (Å²) < 4.78 is 6.23. The summed E-state index contributed by atoms with van der Waals surface area (Å²) in [6.07, 6.45) is 1.59. The number of amides is 2. The van der Waals surface area contributed by atoms with Gasteiger partial charge in [-0.15, -0.1) is 0 Å². The highest BCUT2D eigenvalue weighted by Crippen LogP contribution is 2.16. The van der Waals surface area contributed by atoms with E-state index >= 15 is 0 Å². The van der Waals surface area contributed by atoms with Gasteiger partial charge < -0.3 is 15.4 Å². The second-order valence-corrected chi connectivity index (χ2v) is 7.35. The number of nitrogens with zero attached hydrogens (tertiary/aromatic N) is 1. The van der Waals surface area contributed by atoms with Gasteiger partial charge in [-0.2, -0.15) is 0 Å². The lowest BCUT2D eigenvalue weighted by atomic mass is 10.2. The van der Waals surface area contributed by atoms with Gasteiger partial charge in [0.05, 0.1) is 6.61 Å². The van der Waals surface area contributed by atoms with Crippen molar-refractivity contribution in [3.05, 3.63) is 87.5 Å². The summed E-state index contributed by atoms with van der Waals surface area (Å²) in [4.78, 5) is 28.6. The van der Waals surface area contributed by atoms with E-state index in [0.29, 0.717) is 22.1 Å². The fraction of sp³-hybridized carbons (Fsp3) is 0.0952. The first-order chi connectivity index (χ1) is 14.0. The van der Waals surface area contributed by atoms with E-state index in [2.05, 4.69) is 31.5 Å². The zero-order valence-corrected chi connectivity index (χ0v) is 17.5. The lowest BCUT2D eigenvalue weighted by Gasteiger charge is -2.09. The first-order valence-electron chi connectivity index (χ1n) is 8.65. The maximum Gasteiger partial charge on any atom is 0.256 e. The largest absolute Gasteiger partial charge is 0.367 e. The molecule has 3 aromatic rings. The minimum absolute atomic E-state index is 0.134. The highest BCUT2D eigenvalue weighted by Gasteiger charge is 2.10. The van der Waals surface area contributed by atoms with E-state index in [-0.39, 0.29) is 25.0 Å². The monoisotopic (exact) mass is 473 g/mol. The summed E-state index contributed by atoms with van der Waals surface area (Å²) >= 11 is 9.35. The van der Waals surface area contributed by atoms with Crippen LogP contribution in [0.15, 0.2) is 71.3 Å². The number of hydrogen-bond donors (Lipinski definition) is 2. The normalized spacial score (nSPS) is 10.4. The Bertz CT molecular complexity index is 1010. The molecule has 1 aromatic heterocycles. The Morgan fingerprint density at radius 2 is 1.86 bits per heavy atom. The summed E-state index contributed by atoms with van der Waals surface area (Å²) in [7, 11) is 0. The summed E-state index contributed by atoms with van der Waals surface area (Å²) in [5.74, 6) is -0.226. The van der Waals surface area contributed by atoms with Gasteiger partial charge in [-0.3, -0.25) is 9.59 Å². The van der Waals surface area contributed by atoms with E-state index in [1.54, 1.807) is 48.7 Å². The van der Waals surface area contributed by atoms with Crippen LogP contribution in [0.2, 0.25) is 5.02 Å². The summed E-state index contributed by atoms with van der Waals surface area (Å²) in [6.45, 7) is 0.0974. The van der Waals surface area contributed by atoms with Gasteiger partial charge in [-0.05, 0) is 57.9 Å². The number of aromatic nitrogens is 1. The molecule has 0 saturated heterocycles. The molecule has 2 N–H and O–H groups in total. The molecule has 1 heterocycles. The molecular formula is C21H17BrClN3O3. The first-order valence-corrected chi connectivity index (χ1v) is 9.82. The van der Waals surface area contributed by atoms with Gasteiger partial charge in [0.2, 0.25) is 5.91 Å². The van der Waals surface area contributed by atoms with E-state index in [1.165, 1.54) is 0 Å². The summed E-state index contributed by atoms with van der Waals surface area (Å²) in [5, 5.41) is 6.00. The Labute approximate surface area is 181 Å². The molecule has 148 valence electrons. The van der Waals surface area contributed by atoms with Gasteiger partial charge >= 0.3 is 0 Å². The van der Waals surface area contributed by atoms with Crippen molar-refractivity contribution in [3.8, 4) is 0 Å². The number of hydrogen-bond acceptors (Lipinski definition) is 4. The molecule has 8 heteroatoms. The molecule has 0 fully saturated rings. The molecule has 0 atom stereocenters. The van der Waals surface area contributed by atoms with Crippen LogP contribution < -0.4 is 10.6 Å². The second-order valence-electron chi connectivity index (χ2n) is 6.03. The van der Waals surface area contributed by atoms with E-state index in [1.807, 2.05) is 18.2 Å². The molecule has 0 bridgehead atoms. The van der Waals surface area contributed by atoms with Crippen molar-refractivity contribution >= 4 is 50.9 Å². The molecule has 6 nitrogen and oxygen atoms in total. The van der Waals surface area contributed by atoms with Crippen molar-refractivity contribution in [3.63, 3.8) is 0 Å². The molecule has 3 rings (SSSR count). The quantitative estimate of drug-likeness (QED) is 0.510. The minimum atomic E-state index is -0.329. The molecule has 0 spiro atoms. The van der Waals surface area contributed by atoms with Crippen LogP contribution in [0.5, 0.6) is 0 Å². The third-order valence-corrected chi connectivity index (χ3v) is 4.66. The topological polar surface area (TPSA) is 80.3 Å². The highest BCUT2D eigenvalue weighted by molar-refractivity contribution is 9.10. The molecule has 0 radical (unpaired) electrons. The van der Waals surface area contributed by atoms with E-state index in [4.69, 9.17) is 16.3 Å². The highest BCUT2D eigenvalue weighted by atomic mass is 79.9. The Hall–Kier alpha value is -2.74. The van der Waals surface area contributed by atoms with Crippen LogP contribution in [0.4, 0.5) is 11.5 Å². The maximum absolute atomic E-state index is 12.4. The molecule has 2 amide bonds. The number of nitrogens with one attached hydrogen (secondary N) is 2. The van der Waals surface area contributed by atoms with Crippen LogP contribution in [0, 0.1) is 0 Å². The first kappa shape index (κ1) is 21.0. The number of benzene rings is 2. The third kappa shape index (κ3) is 6.39. The number of anilines is 2. The number of rotatable bonds is 7. The maximum atomic E-state index is 12.4.